The highest BCUT2D eigenvalue weighted by atomic mass is 16.4. The fourth-order valence-electron chi connectivity index (χ4n) is 0.966. The van der Waals surface area contributed by atoms with Crippen LogP contribution < -0.4 is 5.32 Å². The number of carbonyl (C=O) groups is 1. The van der Waals surface area contributed by atoms with Gasteiger partial charge in [0.2, 0.25) is 0 Å². The maximum Gasteiger partial charge on any atom is 0.335 e. The summed E-state index contributed by atoms with van der Waals surface area (Å²) in [4.78, 5) is 10.5. The maximum absolute atomic E-state index is 10.5. The quantitative estimate of drug-likeness (QED) is 0.718. The van der Waals surface area contributed by atoms with Crippen molar-refractivity contribution in [2.75, 3.05) is 11.9 Å². The van der Waals surface area contributed by atoms with Gasteiger partial charge in [0, 0.05) is 12.2 Å². The minimum Gasteiger partial charge on any atom is -0.478 e. The molecule has 1 rings (SSSR count). The minimum absolute atomic E-state index is 0.313. The fraction of sp³-hybridized carbons (Fsp3) is 0.222. The molecule has 0 aliphatic carbocycles. The van der Waals surface area contributed by atoms with Crippen LogP contribution in [-0.4, -0.2) is 17.6 Å². The second kappa shape index (κ2) is 3.76. The lowest BCUT2D eigenvalue weighted by Gasteiger charge is -2.02. The highest BCUT2D eigenvalue weighted by molar-refractivity contribution is 5.88. The van der Waals surface area contributed by atoms with Crippen molar-refractivity contribution in [2.24, 2.45) is 0 Å². The smallest absolute Gasteiger partial charge is 0.335 e. The largest absolute Gasteiger partial charge is 0.478 e. The van der Waals surface area contributed by atoms with Crippen LogP contribution in [0.15, 0.2) is 24.3 Å². The molecule has 12 heavy (non-hydrogen) atoms. The van der Waals surface area contributed by atoms with Gasteiger partial charge in [-0.1, -0.05) is 6.07 Å². The Kier molecular flexibility index (Phi) is 2.69. The van der Waals surface area contributed by atoms with E-state index < -0.39 is 5.97 Å². The second-order valence-corrected chi connectivity index (χ2v) is 2.42. The summed E-state index contributed by atoms with van der Waals surface area (Å²) in [6.07, 6.45) is 0. The Balaban J connectivity index is 2.88. The predicted octanol–water partition coefficient (Wildman–Crippen LogP) is 1.82. The number of hydrogen-bond donors (Lipinski definition) is 2. The molecule has 1 aromatic rings. The molecule has 0 aliphatic heterocycles. The monoisotopic (exact) mass is 165 g/mol. The molecule has 0 heterocycles. The van der Waals surface area contributed by atoms with Gasteiger partial charge in [-0.3, -0.25) is 0 Å². The van der Waals surface area contributed by atoms with Gasteiger partial charge in [0.1, 0.15) is 0 Å². The van der Waals surface area contributed by atoms with Crippen LogP contribution in [0, 0.1) is 0 Å². The molecule has 0 radical (unpaired) electrons. The molecule has 3 nitrogen and oxygen atoms in total. The molecule has 0 bridgehead atoms. The number of anilines is 1. The van der Waals surface area contributed by atoms with E-state index in [0.717, 1.165) is 12.2 Å². The number of rotatable bonds is 3. The third kappa shape index (κ3) is 1.99. The SMILES string of the molecule is CCNc1cccc(C(=O)O)c1. The zero-order chi connectivity index (χ0) is 8.97. The molecule has 0 aliphatic rings. The Morgan fingerprint density at radius 1 is 1.58 bits per heavy atom. The number of benzene rings is 1. The number of aromatic carboxylic acids is 1. The molecule has 2 N–H and O–H groups in total. The van der Waals surface area contributed by atoms with E-state index in [-0.39, 0.29) is 0 Å². The average molecular weight is 165 g/mol. The first kappa shape index (κ1) is 8.59. The molecule has 1 aromatic carbocycles. The molecule has 0 aromatic heterocycles. The lowest BCUT2D eigenvalue weighted by molar-refractivity contribution is 0.0697. The number of hydrogen-bond acceptors (Lipinski definition) is 2. The normalized spacial score (nSPS) is 9.42. The van der Waals surface area contributed by atoms with Crippen molar-refractivity contribution in [3.8, 4) is 0 Å². The molecule has 0 spiro atoms. The van der Waals surface area contributed by atoms with Gasteiger partial charge in [0.25, 0.3) is 0 Å². The van der Waals surface area contributed by atoms with Crippen molar-refractivity contribution in [2.45, 2.75) is 6.92 Å². The van der Waals surface area contributed by atoms with Crippen LogP contribution in [0.3, 0.4) is 0 Å². The van der Waals surface area contributed by atoms with Crippen LogP contribution in [0.2, 0.25) is 0 Å². The van der Waals surface area contributed by atoms with E-state index in [4.69, 9.17) is 5.11 Å². The Labute approximate surface area is 71.0 Å². The molecule has 0 atom stereocenters. The molecule has 0 saturated carbocycles. The van der Waals surface area contributed by atoms with E-state index in [0.29, 0.717) is 5.56 Å². The molecule has 0 amide bonds. The van der Waals surface area contributed by atoms with Crippen LogP contribution in [0.25, 0.3) is 0 Å². The van der Waals surface area contributed by atoms with Gasteiger partial charge in [0.05, 0.1) is 5.56 Å². The van der Waals surface area contributed by atoms with Crippen LogP contribution in [0.4, 0.5) is 5.69 Å². The average Bonchev–Trinajstić information content (AvgIpc) is 2.05. The summed E-state index contributed by atoms with van der Waals surface area (Å²) >= 11 is 0. The summed E-state index contributed by atoms with van der Waals surface area (Å²) in [5.74, 6) is -0.894. The van der Waals surface area contributed by atoms with Crippen LogP contribution in [0.1, 0.15) is 17.3 Å². The van der Waals surface area contributed by atoms with Crippen molar-refractivity contribution < 1.29 is 9.90 Å². The highest BCUT2D eigenvalue weighted by Gasteiger charge is 2.01. The van der Waals surface area contributed by atoms with Crippen molar-refractivity contribution in [3.05, 3.63) is 29.8 Å². The first-order valence-corrected chi connectivity index (χ1v) is 3.81. The molecule has 0 unspecified atom stereocenters. The molecule has 0 saturated heterocycles. The third-order valence-corrected chi connectivity index (χ3v) is 1.49. The minimum atomic E-state index is -0.894. The first-order chi connectivity index (χ1) is 5.74. The molecule has 0 fully saturated rings. The summed E-state index contributed by atoms with van der Waals surface area (Å²) in [5, 5.41) is 11.7. The molecular weight excluding hydrogens is 154 g/mol. The van der Waals surface area contributed by atoms with Crippen molar-refractivity contribution in [1.82, 2.24) is 0 Å². The van der Waals surface area contributed by atoms with Gasteiger partial charge in [-0.25, -0.2) is 4.79 Å². The van der Waals surface area contributed by atoms with Gasteiger partial charge in [-0.05, 0) is 25.1 Å². The second-order valence-electron chi connectivity index (χ2n) is 2.42. The zero-order valence-corrected chi connectivity index (χ0v) is 6.87. The van der Waals surface area contributed by atoms with Gasteiger partial charge >= 0.3 is 5.97 Å². The van der Waals surface area contributed by atoms with E-state index in [2.05, 4.69) is 5.32 Å². The summed E-state index contributed by atoms with van der Waals surface area (Å²) in [7, 11) is 0. The van der Waals surface area contributed by atoms with E-state index in [9.17, 15) is 4.79 Å². The van der Waals surface area contributed by atoms with Crippen LogP contribution >= 0.6 is 0 Å². The maximum atomic E-state index is 10.5. The Morgan fingerprint density at radius 2 is 2.33 bits per heavy atom. The standard InChI is InChI=1S/C9H11NO2/c1-2-10-8-5-3-4-7(6-8)9(11)12/h3-6,10H,2H2,1H3,(H,11,12). The third-order valence-electron chi connectivity index (χ3n) is 1.49. The molecule has 64 valence electrons. The summed E-state index contributed by atoms with van der Waals surface area (Å²) in [5.41, 5.74) is 1.16. The van der Waals surface area contributed by atoms with Crippen LogP contribution in [-0.2, 0) is 0 Å². The van der Waals surface area contributed by atoms with Gasteiger partial charge in [0.15, 0.2) is 0 Å². The summed E-state index contributed by atoms with van der Waals surface area (Å²) in [6, 6.07) is 6.76. The van der Waals surface area contributed by atoms with Crippen molar-refractivity contribution >= 4 is 11.7 Å². The van der Waals surface area contributed by atoms with E-state index in [1.165, 1.54) is 0 Å². The van der Waals surface area contributed by atoms with E-state index >= 15 is 0 Å². The van der Waals surface area contributed by atoms with Gasteiger partial charge in [-0.2, -0.15) is 0 Å². The van der Waals surface area contributed by atoms with Crippen molar-refractivity contribution in [1.29, 1.82) is 0 Å². The predicted molar refractivity (Wildman–Crippen MR) is 47.6 cm³/mol. The summed E-state index contributed by atoms with van der Waals surface area (Å²) in [6.45, 7) is 2.76. The van der Waals surface area contributed by atoms with Crippen molar-refractivity contribution in [3.63, 3.8) is 0 Å². The first-order valence-electron chi connectivity index (χ1n) is 3.81. The Hall–Kier alpha value is -1.51. The highest BCUT2D eigenvalue weighted by Crippen LogP contribution is 2.09. The fourth-order valence-corrected chi connectivity index (χ4v) is 0.966. The Bertz CT molecular complexity index is 284. The Morgan fingerprint density at radius 3 is 2.92 bits per heavy atom. The van der Waals surface area contributed by atoms with Gasteiger partial charge < -0.3 is 10.4 Å². The lowest BCUT2D eigenvalue weighted by Crippen LogP contribution is -2.00. The zero-order valence-electron chi connectivity index (χ0n) is 6.87. The number of carboxylic acid groups (broad SMARTS) is 1. The summed E-state index contributed by atoms with van der Waals surface area (Å²) < 4.78 is 0. The number of carboxylic acids is 1. The molecular formula is C9H11NO2. The van der Waals surface area contributed by atoms with Gasteiger partial charge in [-0.15, -0.1) is 0 Å². The topological polar surface area (TPSA) is 49.3 Å². The van der Waals surface area contributed by atoms with E-state index in [1.54, 1.807) is 18.2 Å². The van der Waals surface area contributed by atoms with Crippen LogP contribution in [0.5, 0.6) is 0 Å². The lowest BCUT2D eigenvalue weighted by atomic mass is 10.2. The van der Waals surface area contributed by atoms with E-state index in [1.807, 2.05) is 13.0 Å². The number of nitrogens with one attached hydrogen (secondary N) is 1. The molecule has 3 heteroatoms.